The van der Waals surface area contributed by atoms with E-state index >= 15 is 0 Å². The first-order valence-electron chi connectivity index (χ1n) is 6.05. The van der Waals surface area contributed by atoms with Gasteiger partial charge >= 0.3 is 0 Å². The molecular formula is C12H14N6O. The van der Waals surface area contributed by atoms with Crippen molar-refractivity contribution in [1.29, 1.82) is 0 Å². The second kappa shape index (κ2) is 4.34. The Morgan fingerprint density at radius 3 is 2.95 bits per heavy atom. The number of anilines is 2. The van der Waals surface area contributed by atoms with Crippen molar-refractivity contribution < 1.29 is 4.79 Å². The second-order valence-electron chi connectivity index (χ2n) is 4.56. The first kappa shape index (κ1) is 11.6. The molecule has 0 saturated heterocycles. The molecule has 2 N–H and O–H groups in total. The molecule has 2 heterocycles. The van der Waals surface area contributed by atoms with Gasteiger partial charge in [-0.25, -0.2) is 0 Å². The van der Waals surface area contributed by atoms with E-state index in [1.54, 1.807) is 18.0 Å². The summed E-state index contributed by atoms with van der Waals surface area (Å²) in [6.07, 6.45) is 1.21. The van der Waals surface area contributed by atoms with Gasteiger partial charge in [0.1, 0.15) is 0 Å². The number of nitrogens with zero attached hydrogens (tertiary/aromatic N) is 5. The fraction of sp³-hybridized carbons (Fsp3) is 0.333. The molecule has 0 unspecified atom stereocenters. The largest absolute Gasteiger partial charge is 0.399 e. The lowest BCUT2D eigenvalue weighted by atomic mass is 10.0. The van der Waals surface area contributed by atoms with Gasteiger partial charge < -0.3 is 10.6 Å². The highest BCUT2D eigenvalue weighted by Gasteiger charge is 2.25. The molecule has 1 amide bonds. The van der Waals surface area contributed by atoms with Crippen LogP contribution in [-0.2, 0) is 24.8 Å². The number of fused-ring (bicyclic) bond motifs is 1. The van der Waals surface area contributed by atoms with Gasteiger partial charge in [0.2, 0.25) is 5.91 Å². The molecule has 1 aromatic heterocycles. The molecule has 0 saturated carbocycles. The minimum Gasteiger partial charge on any atom is -0.399 e. The van der Waals surface area contributed by atoms with Crippen LogP contribution in [0.1, 0.15) is 17.8 Å². The molecule has 0 spiro atoms. The Morgan fingerprint density at radius 2 is 2.21 bits per heavy atom. The average Bonchev–Trinajstić information content (AvgIpc) is 2.78. The summed E-state index contributed by atoms with van der Waals surface area (Å²) in [5, 5.41) is 11.8. The molecule has 7 heteroatoms. The van der Waals surface area contributed by atoms with Gasteiger partial charge in [0, 0.05) is 17.8 Å². The fourth-order valence-electron chi connectivity index (χ4n) is 2.28. The van der Waals surface area contributed by atoms with Crippen LogP contribution >= 0.6 is 0 Å². The van der Waals surface area contributed by atoms with Crippen LogP contribution in [0.15, 0.2) is 18.2 Å². The monoisotopic (exact) mass is 258 g/mol. The highest BCUT2D eigenvalue weighted by atomic mass is 16.2. The third-order valence-electron chi connectivity index (χ3n) is 3.15. The van der Waals surface area contributed by atoms with Crippen LogP contribution in [0, 0.1) is 0 Å². The van der Waals surface area contributed by atoms with Gasteiger partial charge in [-0.1, -0.05) is 0 Å². The summed E-state index contributed by atoms with van der Waals surface area (Å²) < 4.78 is 0. The Balaban J connectivity index is 1.94. The minimum atomic E-state index is 0.0738. The Bertz CT molecular complexity index is 635. The molecule has 0 atom stereocenters. The zero-order chi connectivity index (χ0) is 13.4. The van der Waals surface area contributed by atoms with Crippen LogP contribution in [0.2, 0.25) is 0 Å². The Labute approximate surface area is 110 Å². The van der Waals surface area contributed by atoms with Crippen molar-refractivity contribution in [2.24, 2.45) is 7.05 Å². The normalized spacial score (nSPS) is 14.6. The molecule has 0 aliphatic carbocycles. The highest BCUT2D eigenvalue weighted by molar-refractivity contribution is 5.96. The smallest absolute Gasteiger partial charge is 0.227 e. The fourth-order valence-corrected chi connectivity index (χ4v) is 2.28. The minimum absolute atomic E-state index is 0.0738. The average molecular weight is 258 g/mol. The van der Waals surface area contributed by atoms with Crippen molar-refractivity contribution in [2.75, 3.05) is 10.6 Å². The lowest BCUT2D eigenvalue weighted by Crippen LogP contribution is -2.35. The SMILES string of the molecule is Cn1nnc(CN2C(=O)CCc3cc(N)ccc32)n1. The summed E-state index contributed by atoms with van der Waals surface area (Å²) >= 11 is 0. The number of carbonyl (C=O) groups is 1. The predicted octanol–water partition coefficient (Wildman–Crippen LogP) is 0.272. The lowest BCUT2D eigenvalue weighted by molar-refractivity contribution is -0.119. The van der Waals surface area contributed by atoms with Crippen LogP contribution in [0.4, 0.5) is 11.4 Å². The number of tetrazole rings is 1. The molecule has 0 bridgehead atoms. The van der Waals surface area contributed by atoms with Gasteiger partial charge in [-0.15, -0.1) is 10.2 Å². The number of carbonyl (C=O) groups excluding carboxylic acids is 1. The van der Waals surface area contributed by atoms with Crippen molar-refractivity contribution in [3.63, 3.8) is 0 Å². The van der Waals surface area contributed by atoms with Gasteiger partial charge in [0.25, 0.3) is 0 Å². The Hall–Kier alpha value is -2.44. The number of rotatable bonds is 2. The van der Waals surface area contributed by atoms with Crippen molar-refractivity contribution >= 4 is 17.3 Å². The molecule has 98 valence electrons. The molecular weight excluding hydrogens is 244 g/mol. The number of nitrogen functional groups attached to an aromatic ring is 1. The van der Waals surface area contributed by atoms with Gasteiger partial charge in [0.05, 0.1) is 13.6 Å². The van der Waals surface area contributed by atoms with Crippen molar-refractivity contribution in [2.45, 2.75) is 19.4 Å². The van der Waals surface area contributed by atoms with Crippen LogP contribution in [-0.4, -0.2) is 26.1 Å². The topological polar surface area (TPSA) is 89.9 Å². The van der Waals surface area contributed by atoms with Crippen molar-refractivity contribution in [3.8, 4) is 0 Å². The number of aryl methyl sites for hydroxylation is 2. The van der Waals surface area contributed by atoms with E-state index in [-0.39, 0.29) is 5.91 Å². The number of hydrogen-bond donors (Lipinski definition) is 1. The third-order valence-corrected chi connectivity index (χ3v) is 3.15. The molecule has 0 radical (unpaired) electrons. The number of nitrogens with two attached hydrogens (primary N) is 1. The molecule has 1 aliphatic heterocycles. The van der Waals surface area contributed by atoms with E-state index in [1.165, 1.54) is 4.80 Å². The molecule has 7 nitrogen and oxygen atoms in total. The highest BCUT2D eigenvalue weighted by Crippen LogP contribution is 2.30. The zero-order valence-corrected chi connectivity index (χ0v) is 10.6. The molecule has 0 fully saturated rings. The van der Waals surface area contributed by atoms with Crippen LogP contribution in [0.5, 0.6) is 0 Å². The Kier molecular flexibility index (Phi) is 2.66. The maximum Gasteiger partial charge on any atom is 0.227 e. The standard InChI is InChI=1S/C12H14N6O/c1-17-15-11(14-16-17)7-18-10-4-3-9(13)6-8(10)2-5-12(18)19/h3-4,6H,2,5,7,13H2,1H3. The maximum atomic E-state index is 12.1. The predicted molar refractivity (Wildman–Crippen MR) is 69.2 cm³/mol. The lowest BCUT2D eigenvalue weighted by Gasteiger charge is -2.28. The number of aromatic nitrogens is 4. The second-order valence-corrected chi connectivity index (χ2v) is 4.56. The first-order valence-corrected chi connectivity index (χ1v) is 6.05. The number of hydrogen-bond acceptors (Lipinski definition) is 5. The van der Waals surface area contributed by atoms with E-state index in [0.29, 0.717) is 24.5 Å². The number of amides is 1. The summed E-state index contributed by atoms with van der Waals surface area (Å²) in [5.74, 6) is 0.602. The van der Waals surface area contributed by atoms with Gasteiger partial charge in [0.15, 0.2) is 5.82 Å². The third kappa shape index (κ3) is 2.14. The maximum absolute atomic E-state index is 12.1. The van der Waals surface area contributed by atoms with Crippen LogP contribution in [0.3, 0.4) is 0 Å². The molecule has 2 aromatic rings. The summed E-state index contributed by atoms with van der Waals surface area (Å²) in [4.78, 5) is 15.1. The molecule has 3 rings (SSSR count). The van der Waals surface area contributed by atoms with E-state index in [2.05, 4.69) is 15.4 Å². The first-order chi connectivity index (χ1) is 9.13. The van der Waals surface area contributed by atoms with E-state index < -0.39 is 0 Å². The van der Waals surface area contributed by atoms with E-state index in [1.807, 2.05) is 12.1 Å². The van der Waals surface area contributed by atoms with Crippen LogP contribution < -0.4 is 10.6 Å². The summed E-state index contributed by atoms with van der Waals surface area (Å²) in [6.45, 7) is 0.337. The van der Waals surface area contributed by atoms with E-state index in [9.17, 15) is 4.79 Å². The van der Waals surface area contributed by atoms with E-state index in [4.69, 9.17) is 5.73 Å². The number of benzene rings is 1. The molecule has 19 heavy (non-hydrogen) atoms. The van der Waals surface area contributed by atoms with E-state index in [0.717, 1.165) is 17.7 Å². The summed E-state index contributed by atoms with van der Waals surface area (Å²) in [7, 11) is 1.70. The summed E-state index contributed by atoms with van der Waals surface area (Å²) in [5.41, 5.74) is 8.46. The Morgan fingerprint density at radius 1 is 1.37 bits per heavy atom. The van der Waals surface area contributed by atoms with Gasteiger partial charge in [-0.2, -0.15) is 4.80 Å². The quantitative estimate of drug-likeness (QED) is 0.781. The molecule has 1 aliphatic rings. The van der Waals surface area contributed by atoms with Crippen molar-refractivity contribution in [3.05, 3.63) is 29.6 Å². The zero-order valence-electron chi connectivity index (χ0n) is 10.6. The van der Waals surface area contributed by atoms with Crippen molar-refractivity contribution in [1.82, 2.24) is 20.2 Å². The van der Waals surface area contributed by atoms with Gasteiger partial charge in [-0.3, -0.25) is 4.79 Å². The van der Waals surface area contributed by atoms with Gasteiger partial charge in [-0.05, 0) is 35.4 Å². The molecule has 1 aromatic carbocycles. The summed E-state index contributed by atoms with van der Waals surface area (Å²) in [6, 6.07) is 5.59. The van der Waals surface area contributed by atoms with Crippen LogP contribution in [0.25, 0.3) is 0 Å².